The fourth-order valence-electron chi connectivity index (χ4n) is 0.925. The minimum Gasteiger partial charge on any atom is -0.465 e. The maximum Gasteiger partial charge on any atom is 0.407 e. The molecule has 1 N–H and O–H groups in total. The van der Waals surface area contributed by atoms with Crippen molar-refractivity contribution in [1.29, 1.82) is 0 Å². The number of hydrogen-bond acceptors (Lipinski definition) is 3. The molecule has 1 unspecified atom stereocenters. The van der Waals surface area contributed by atoms with E-state index < -0.39 is 12.1 Å². The van der Waals surface area contributed by atoms with Gasteiger partial charge in [-0.05, 0) is 19.1 Å². The molecule has 0 saturated heterocycles. The van der Waals surface area contributed by atoms with E-state index in [2.05, 4.69) is 12.6 Å². The smallest absolute Gasteiger partial charge is 0.407 e. The van der Waals surface area contributed by atoms with Gasteiger partial charge in [-0.15, -0.1) is 0 Å². The van der Waals surface area contributed by atoms with Crippen molar-refractivity contribution in [1.82, 2.24) is 4.90 Å². The van der Waals surface area contributed by atoms with Crippen LogP contribution in [0, 0.1) is 0 Å². The summed E-state index contributed by atoms with van der Waals surface area (Å²) in [7, 11) is 1.39. The summed E-state index contributed by atoms with van der Waals surface area (Å²) in [4.78, 5) is 22.4. The molecule has 0 spiro atoms. The summed E-state index contributed by atoms with van der Waals surface area (Å²) in [5.41, 5.74) is 0. The molecule has 5 heteroatoms. The van der Waals surface area contributed by atoms with Gasteiger partial charge in [0.1, 0.15) is 0 Å². The lowest BCUT2D eigenvalue weighted by molar-refractivity contribution is -0.121. The normalized spacial score (nSPS) is 12.2. The van der Waals surface area contributed by atoms with Crippen molar-refractivity contribution in [2.24, 2.45) is 0 Å². The monoisotopic (exact) mass is 191 g/mol. The number of thiol groups is 1. The van der Waals surface area contributed by atoms with Crippen molar-refractivity contribution >= 4 is 24.5 Å². The Bertz CT molecular complexity index is 183. The van der Waals surface area contributed by atoms with Gasteiger partial charge in [0.25, 0.3) is 0 Å². The van der Waals surface area contributed by atoms with E-state index in [1.807, 2.05) is 0 Å². The minimum absolute atomic E-state index is 0.144. The van der Waals surface area contributed by atoms with Crippen LogP contribution in [0.15, 0.2) is 0 Å². The molecule has 0 saturated carbocycles. The summed E-state index contributed by atoms with van der Waals surface area (Å²) in [6.07, 6.45) is -0.627. The Labute approximate surface area is 77.0 Å². The second kappa shape index (κ2) is 5.03. The predicted molar refractivity (Wildman–Crippen MR) is 48.7 cm³/mol. The van der Waals surface area contributed by atoms with Crippen LogP contribution in [0.4, 0.5) is 4.79 Å². The number of rotatable bonds is 4. The Morgan fingerprint density at radius 3 is 2.33 bits per heavy atom. The second-order valence-corrected chi connectivity index (χ2v) is 2.98. The molecule has 1 amide bonds. The van der Waals surface area contributed by atoms with Crippen molar-refractivity contribution in [2.45, 2.75) is 19.4 Å². The second-order valence-electron chi connectivity index (χ2n) is 2.53. The Morgan fingerprint density at radius 1 is 1.58 bits per heavy atom. The number of amides is 1. The summed E-state index contributed by atoms with van der Waals surface area (Å²) in [6, 6.07) is -0.556. The van der Waals surface area contributed by atoms with Gasteiger partial charge in [-0.2, -0.15) is 12.6 Å². The average molecular weight is 191 g/mol. The molecule has 0 aliphatic heterocycles. The van der Waals surface area contributed by atoms with Crippen molar-refractivity contribution in [3.8, 4) is 0 Å². The lowest BCUT2D eigenvalue weighted by Gasteiger charge is -2.22. The van der Waals surface area contributed by atoms with Crippen LogP contribution in [0.2, 0.25) is 0 Å². The van der Waals surface area contributed by atoms with Crippen LogP contribution in [-0.2, 0) is 4.79 Å². The van der Waals surface area contributed by atoms with Crippen molar-refractivity contribution in [3.05, 3.63) is 0 Å². The molecule has 0 fully saturated rings. The van der Waals surface area contributed by atoms with Crippen molar-refractivity contribution in [3.63, 3.8) is 0 Å². The molecule has 0 aromatic rings. The van der Waals surface area contributed by atoms with Crippen LogP contribution in [0.5, 0.6) is 0 Å². The van der Waals surface area contributed by atoms with Gasteiger partial charge in [-0.3, -0.25) is 4.79 Å². The molecule has 0 rings (SSSR count). The van der Waals surface area contributed by atoms with Crippen LogP contribution in [-0.4, -0.2) is 40.7 Å². The summed E-state index contributed by atoms with van der Waals surface area (Å²) < 4.78 is 0. The zero-order valence-corrected chi connectivity index (χ0v) is 8.04. The number of ketones is 1. The van der Waals surface area contributed by atoms with E-state index in [0.29, 0.717) is 12.2 Å². The summed E-state index contributed by atoms with van der Waals surface area (Å²) in [5.74, 6) is 0.357. The van der Waals surface area contributed by atoms with Gasteiger partial charge in [0.15, 0.2) is 5.78 Å². The predicted octanol–water partition coefficient (Wildman–Crippen LogP) is 0.874. The first-order chi connectivity index (χ1) is 5.50. The molecule has 0 radical (unpaired) electrons. The van der Waals surface area contributed by atoms with Gasteiger partial charge in [0.2, 0.25) is 0 Å². The zero-order valence-electron chi connectivity index (χ0n) is 7.15. The van der Waals surface area contributed by atoms with E-state index in [9.17, 15) is 9.59 Å². The quantitative estimate of drug-likeness (QED) is 0.648. The largest absolute Gasteiger partial charge is 0.465 e. The van der Waals surface area contributed by atoms with E-state index >= 15 is 0 Å². The highest BCUT2D eigenvalue weighted by molar-refractivity contribution is 7.80. The van der Waals surface area contributed by atoms with Crippen LogP contribution in [0.3, 0.4) is 0 Å². The van der Waals surface area contributed by atoms with Gasteiger partial charge < -0.3 is 10.0 Å². The molecular weight excluding hydrogens is 178 g/mol. The third-order valence-electron chi connectivity index (χ3n) is 1.64. The van der Waals surface area contributed by atoms with Gasteiger partial charge in [-0.1, -0.05) is 0 Å². The van der Waals surface area contributed by atoms with Gasteiger partial charge in [0.05, 0.1) is 6.04 Å². The number of Topliss-reactive ketones (excluding diaryl/α,β-unsaturated/α-hetero) is 1. The van der Waals surface area contributed by atoms with Crippen LogP contribution >= 0.6 is 12.6 Å². The summed E-state index contributed by atoms with van der Waals surface area (Å²) in [5, 5.41) is 8.58. The van der Waals surface area contributed by atoms with Crippen molar-refractivity contribution in [2.75, 3.05) is 12.8 Å². The number of carboxylic acid groups (broad SMARTS) is 1. The lowest BCUT2D eigenvalue weighted by atomic mass is 10.1. The Hall–Kier alpha value is -0.710. The van der Waals surface area contributed by atoms with Crippen LogP contribution < -0.4 is 0 Å². The number of hydrogen-bond donors (Lipinski definition) is 2. The molecule has 0 aliphatic rings. The Morgan fingerprint density at radius 2 is 2.08 bits per heavy atom. The molecule has 0 bridgehead atoms. The van der Waals surface area contributed by atoms with E-state index in [1.54, 1.807) is 0 Å². The van der Waals surface area contributed by atoms with Crippen LogP contribution in [0.1, 0.15) is 13.3 Å². The van der Waals surface area contributed by atoms with Crippen LogP contribution in [0.25, 0.3) is 0 Å². The molecule has 70 valence electrons. The third kappa shape index (κ3) is 3.13. The first-order valence-electron chi connectivity index (χ1n) is 3.57. The van der Waals surface area contributed by atoms with E-state index in [4.69, 9.17) is 5.11 Å². The highest BCUT2D eigenvalue weighted by Crippen LogP contribution is 2.04. The van der Waals surface area contributed by atoms with E-state index in [1.165, 1.54) is 14.0 Å². The molecule has 12 heavy (non-hydrogen) atoms. The maximum absolute atomic E-state index is 10.9. The lowest BCUT2D eigenvalue weighted by Crippen LogP contribution is -2.40. The third-order valence-corrected chi connectivity index (χ3v) is 1.90. The van der Waals surface area contributed by atoms with Crippen molar-refractivity contribution < 1.29 is 14.7 Å². The van der Waals surface area contributed by atoms with Gasteiger partial charge >= 0.3 is 6.09 Å². The van der Waals surface area contributed by atoms with E-state index in [0.717, 1.165) is 4.90 Å². The molecule has 0 aromatic heterocycles. The maximum atomic E-state index is 10.9. The number of nitrogens with zero attached hydrogens (tertiary/aromatic N) is 1. The molecule has 0 heterocycles. The number of carbonyl (C=O) groups excluding carboxylic acids is 1. The highest BCUT2D eigenvalue weighted by atomic mass is 32.1. The fraction of sp³-hybridized carbons (Fsp3) is 0.714. The Balaban J connectivity index is 4.28. The standard InChI is InChI=1S/C7H13NO3S/c1-5(9)6(3-4-12)8(2)7(10)11/h6,12H,3-4H2,1-2H3,(H,10,11). The Kier molecular flexibility index (Phi) is 4.73. The van der Waals surface area contributed by atoms with E-state index in [-0.39, 0.29) is 5.78 Å². The van der Waals surface area contributed by atoms with Gasteiger partial charge in [0, 0.05) is 7.05 Å². The topological polar surface area (TPSA) is 57.6 Å². The SMILES string of the molecule is CC(=O)C(CCS)N(C)C(=O)O. The average Bonchev–Trinajstić information content (AvgIpc) is 1.98. The number of likely N-dealkylation sites (N-methyl/N-ethyl adjacent to an activating group) is 1. The highest BCUT2D eigenvalue weighted by Gasteiger charge is 2.22. The molecule has 4 nitrogen and oxygen atoms in total. The number of carbonyl (C=O) groups is 2. The summed E-state index contributed by atoms with van der Waals surface area (Å²) in [6.45, 7) is 1.38. The fourth-order valence-corrected chi connectivity index (χ4v) is 1.17. The van der Waals surface area contributed by atoms with Gasteiger partial charge in [-0.25, -0.2) is 4.79 Å². The molecule has 0 aliphatic carbocycles. The first kappa shape index (κ1) is 11.3. The molecular formula is C7H13NO3S. The minimum atomic E-state index is -1.09. The zero-order chi connectivity index (χ0) is 9.72. The molecule has 1 atom stereocenters. The first-order valence-corrected chi connectivity index (χ1v) is 4.21. The molecule has 0 aromatic carbocycles. The summed E-state index contributed by atoms with van der Waals surface area (Å²) >= 11 is 3.95.